The van der Waals surface area contributed by atoms with Crippen LogP contribution in [0.25, 0.3) is 11.4 Å². The van der Waals surface area contributed by atoms with E-state index in [1.54, 1.807) is 19.2 Å². The minimum Gasteiger partial charge on any atom is -0.383 e. The van der Waals surface area contributed by atoms with Gasteiger partial charge >= 0.3 is 0 Å². The maximum Gasteiger partial charge on any atom is 0.248 e. The smallest absolute Gasteiger partial charge is 0.248 e. The Morgan fingerprint density at radius 3 is 2.60 bits per heavy atom. The first kappa shape index (κ1) is 19.2. The van der Waals surface area contributed by atoms with Gasteiger partial charge in [-0.1, -0.05) is 23.4 Å². The van der Waals surface area contributed by atoms with Crippen molar-refractivity contribution < 1.29 is 14.3 Å². The maximum absolute atomic E-state index is 11.7. The van der Waals surface area contributed by atoms with E-state index in [0.717, 1.165) is 5.56 Å². The Labute approximate surface area is 154 Å². The summed E-state index contributed by atoms with van der Waals surface area (Å²) in [7, 11) is 1.61. The van der Waals surface area contributed by atoms with Gasteiger partial charge in [0.25, 0.3) is 0 Å². The lowest BCUT2D eigenvalue weighted by atomic mass is 10.2. The zero-order chi connectivity index (χ0) is 18.2. The van der Waals surface area contributed by atoms with Gasteiger partial charge < -0.3 is 4.74 Å². The maximum atomic E-state index is 11.7. The van der Waals surface area contributed by atoms with Crippen molar-refractivity contribution in [2.75, 3.05) is 19.5 Å². The highest BCUT2D eigenvalue weighted by Gasteiger charge is 2.15. The molecule has 0 aliphatic carbocycles. The number of hydrogen-bond donors (Lipinski definition) is 2. The predicted octanol–water partition coefficient (Wildman–Crippen LogP) is 1.50. The van der Waals surface area contributed by atoms with E-state index in [9.17, 15) is 9.59 Å². The fourth-order valence-corrected chi connectivity index (χ4v) is 2.81. The number of halogens is 1. The summed E-state index contributed by atoms with van der Waals surface area (Å²) in [6, 6.07) is 7.26. The minimum atomic E-state index is -0.341. The number of amides is 2. The number of thioether (sulfide) groups is 1. The van der Waals surface area contributed by atoms with Crippen molar-refractivity contribution in [3.8, 4) is 11.4 Å². The number of aromatic nitrogens is 3. The van der Waals surface area contributed by atoms with Gasteiger partial charge in [-0.15, -0.1) is 10.2 Å². The lowest BCUT2D eigenvalue weighted by Crippen LogP contribution is -2.41. The number of carbonyl (C=O) groups is 2. The van der Waals surface area contributed by atoms with Gasteiger partial charge in [0.05, 0.1) is 18.9 Å². The number of nitrogens with one attached hydrogen (secondary N) is 2. The van der Waals surface area contributed by atoms with Crippen molar-refractivity contribution in [1.82, 2.24) is 25.6 Å². The fraction of sp³-hybridized carbons (Fsp3) is 0.333. The number of hydrogen-bond acceptors (Lipinski definition) is 6. The highest BCUT2D eigenvalue weighted by molar-refractivity contribution is 7.99. The molecule has 2 amide bonds. The van der Waals surface area contributed by atoms with Crippen molar-refractivity contribution in [1.29, 1.82) is 0 Å². The number of carbonyl (C=O) groups excluding carboxylic acids is 2. The van der Waals surface area contributed by atoms with E-state index in [0.29, 0.717) is 29.2 Å². The van der Waals surface area contributed by atoms with Crippen molar-refractivity contribution in [2.45, 2.75) is 18.6 Å². The van der Waals surface area contributed by atoms with E-state index < -0.39 is 0 Å². The summed E-state index contributed by atoms with van der Waals surface area (Å²) in [4.78, 5) is 22.5. The molecule has 2 aromatic rings. The molecule has 2 N–H and O–H groups in total. The summed E-state index contributed by atoms with van der Waals surface area (Å²) in [5.41, 5.74) is 5.41. The molecule has 0 fully saturated rings. The predicted molar refractivity (Wildman–Crippen MR) is 95.0 cm³/mol. The van der Waals surface area contributed by atoms with Crippen molar-refractivity contribution in [3.63, 3.8) is 0 Å². The van der Waals surface area contributed by atoms with Gasteiger partial charge in [-0.3, -0.25) is 25.0 Å². The van der Waals surface area contributed by atoms with Crippen LogP contribution >= 0.6 is 23.4 Å². The molecule has 2 rings (SSSR count). The van der Waals surface area contributed by atoms with Crippen molar-refractivity contribution in [3.05, 3.63) is 29.3 Å². The Morgan fingerprint density at radius 1 is 1.24 bits per heavy atom. The van der Waals surface area contributed by atoms with Gasteiger partial charge in [-0.25, -0.2) is 0 Å². The van der Waals surface area contributed by atoms with Gasteiger partial charge in [-0.2, -0.15) is 0 Å². The van der Waals surface area contributed by atoms with E-state index in [1.807, 2.05) is 16.7 Å². The summed E-state index contributed by atoms with van der Waals surface area (Å²) < 4.78 is 7.02. The third-order valence-corrected chi connectivity index (χ3v) is 4.27. The molecule has 25 heavy (non-hydrogen) atoms. The van der Waals surface area contributed by atoms with Gasteiger partial charge in [0.15, 0.2) is 11.0 Å². The fourth-order valence-electron chi connectivity index (χ4n) is 1.92. The molecule has 0 unspecified atom stereocenters. The standard InChI is InChI=1S/C15H18ClN5O3S/c1-10(22)17-18-13(23)9-25-15-20-19-14(21(15)7-8-24-2)11-3-5-12(16)6-4-11/h3-6H,7-9H2,1-2H3,(H,17,22)(H,18,23). The molecular weight excluding hydrogens is 366 g/mol. The van der Waals surface area contributed by atoms with Crippen LogP contribution in [0.1, 0.15) is 6.92 Å². The topological polar surface area (TPSA) is 98.1 Å². The molecule has 0 saturated heterocycles. The number of benzene rings is 1. The molecule has 0 atom stereocenters. The van der Waals surface area contributed by atoms with Gasteiger partial charge in [0.2, 0.25) is 11.8 Å². The van der Waals surface area contributed by atoms with Crippen LogP contribution in [0.5, 0.6) is 0 Å². The molecule has 8 nitrogen and oxygen atoms in total. The Morgan fingerprint density at radius 2 is 1.96 bits per heavy atom. The Bertz CT molecular complexity index is 735. The Hall–Kier alpha value is -2.10. The zero-order valence-corrected chi connectivity index (χ0v) is 15.4. The molecule has 0 radical (unpaired) electrons. The number of methoxy groups -OCH3 is 1. The third kappa shape index (κ3) is 5.73. The zero-order valence-electron chi connectivity index (χ0n) is 13.8. The molecule has 0 aliphatic rings. The Balaban J connectivity index is 2.13. The van der Waals surface area contributed by atoms with Crippen LogP contribution in [0, 0.1) is 0 Å². The highest BCUT2D eigenvalue weighted by atomic mass is 35.5. The van der Waals surface area contributed by atoms with E-state index in [4.69, 9.17) is 16.3 Å². The number of nitrogens with zero attached hydrogens (tertiary/aromatic N) is 3. The monoisotopic (exact) mass is 383 g/mol. The first-order valence-corrected chi connectivity index (χ1v) is 8.74. The first-order valence-electron chi connectivity index (χ1n) is 7.37. The van der Waals surface area contributed by atoms with E-state index in [1.165, 1.54) is 18.7 Å². The van der Waals surface area contributed by atoms with E-state index in [-0.39, 0.29) is 17.6 Å². The SMILES string of the molecule is COCCn1c(SCC(=O)NNC(C)=O)nnc1-c1ccc(Cl)cc1. The molecule has 1 heterocycles. The lowest BCUT2D eigenvalue weighted by Gasteiger charge is -2.10. The molecular formula is C15H18ClN5O3S. The van der Waals surface area contributed by atoms with Gasteiger partial charge in [-0.05, 0) is 24.3 Å². The van der Waals surface area contributed by atoms with Crippen LogP contribution in [-0.4, -0.2) is 46.0 Å². The van der Waals surface area contributed by atoms with Crippen LogP contribution in [-0.2, 0) is 20.9 Å². The summed E-state index contributed by atoms with van der Waals surface area (Å²) in [5, 5.41) is 9.59. The molecule has 0 bridgehead atoms. The average Bonchev–Trinajstić information content (AvgIpc) is 2.99. The molecule has 1 aromatic heterocycles. The second-order valence-electron chi connectivity index (χ2n) is 4.98. The van der Waals surface area contributed by atoms with Crippen LogP contribution in [0.2, 0.25) is 5.02 Å². The largest absolute Gasteiger partial charge is 0.383 e. The second kappa shape index (κ2) is 9.40. The summed E-state index contributed by atoms with van der Waals surface area (Å²) in [6.07, 6.45) is 0. The molecule has 1 aromatic carbocycles. The highest BCUT2D eigenvalue weighted by Crippen LogP contribution is 2.25. The van der Waals surface area contributed by atoms with E-state index >= 15 is 0 Å². The van der Waals surface area contributed by atoms with Crippen LogP contribution in [0.15, 0.2) is 29.4 Å². The summed E-state index contributed by atoms with van der Waals surface area (Å²) >= 11 is 7.14. The lowest BCUT2D eigenvalue weighted by molar-refractivity contribution is -0.126. The van der Waals surface area contributed by atoms with Crippen LogP contribution in [0.3, 0.4) is 0 Å². The van der Waals surface area contributed by atoms with Crippen LogP contribution < -0.4 is 10.9 Å². The Kier molecular flexibility index (Phi) is 7.23. The van der Waals surface area contributed by atoms with Gasteiger partial charge in [0, 0.05) is 24.6 Å². The van der Waals surface area contributed by atoms with Crippen molar-refractivity contribution in [2.24, 2.45) is 0 Å². The van der Waals surface area contributed by atoms with E-state index in [2.05, 4.69) is 21.0 Å². The number of hydrazine groups is 1. The summed E-state index contributed by atoms with van der Waals surface area (Å²) in [5.74, 6) is 0.0751. The molecule has 0 saturated carbocycles. The molecule has 0 spiro atoms. The normalized spacial score (nSPS) is 10.5. The number of ether oxygens (including phenoxy) is 1. The quantitative estimate of drug-likeness (QED) is 0.555. The molecule has 10 heteroatoms. The molecule has 134 valence electrons. The third-order valence-electron chi connectivity index (χ3n) is 3.05. The average molecular weight is 384 g/mol. The molecule has 0 aliphatic heterocycles. The van der Waals surface area contributed by atoms with Gasteiger partial charge in [0.1, 0.15) is 0 Å². The van der Waals surface area contributed by atoms with Crippen molar-refractivity contribution >= 4 is 35.2 Å². The number of rotatable bonds is 7. The summed E-state index contributed by atoms with van der Waals surface area (Å²) in [6.45, 7) is 2.33. The first-order chi connectivity index (χ1) is 12.0. The second-order valence-corrected chi connectivity index (χ2v) is 6.35. The van der Waals surface area contributed by atoms with Crippen LogP contribution in [0.4, 0.5) is 0 Å². The minimum absolute atomic E-state index is 0.0893.